The lowest BCUT2D eigenvalue weighted by Gasteiger charge is -2.20. The molecule has 1 saturated heterocycles. The van der Waals surface area contributed by atoms with E-state index in [0.29, 0.717) is 29.7 Å². The van der Waals surface area contributed by atoms with Crippen LogP contribution in [0.3, 0.4) is 0 Å². The molecule has 0 aliphatic carbocycles. The fourth-order valence-electron chi connectivity index (χ4n) is 2.53. The summed E-state index contributed by atoms with van der Waals surface area (Å²) in [5.74, 6) is 1.06. The number of amides is 1. The zero-order chi connectivity index (χ0) is 14.3. The van der Waals surface area contributed by atoms with Gasteiger partial charge in [-0.1, -0.05) is 28.9 Å². The molecule has 104 valence electrons. The van der Waals surface area contributed by atoms with E-state index in [1.807, 2.05) is 19.1 Å². The molecule has 2 heterocycles. The van der Waals surface area contributed by atoms with Crippen molar-refractivity contribution >= 4 is 23.2 Å². The maximum Gasteiger partial charge on any atom is 0.232 e. The number of carbonyl (C=O) groups is 1. The van der Waals surface area contributed by atoms with Crippen LogP contribution in [0.1, 0.15) is 29.6 Å². The Morgan fingerprint density at radius 3 is 2.85 bits per heavy atom. The molecule has 1 aromatic heterocycles. The van der Waals surface area contributed by atoms with Crippen molar-refractivity contribution in [2.24, 2.45) is 0 Å². The van der Waals surface area contributed by atoms with E-state index in [1.165, 1.54) is 0 Å². The van der Waals surface area contributed by atoms with Crippen molar-refractivity contribution in [1.29, 1.82) is 0 Å². The van der Waals surface area contributed by atoms with Crippen LogP contribution < -0.4 is 4.90 Å². The molecule has 1 unspecified atom stereocenters. The number of para-hydroxylation sites is 1. The number of benzene rings is 1. The average Bonchev–Trinajstić information content (AvgIpc) is 2.96. The third kappa shape index (κ3) is 2.18. The van der Waals surface area contributed by atoms with Gasteiger partial charge in [-0.2, -0.15) is 4.98 Å². The predicted molar refractivity (Wildman–Crippen MR) is 74.9 cm³/mol. The Morgan fingerprint density at radius 1 is 1.40 bits per heavy atom. The summed E-state index contributed by atoms with van der Waals surface area (Å²) in [6.45, 7) is 4.23. The summed E-state index contributed by atoms with van der Waals surface area (Å²) < 4.78 is 5.17. The Kier molecular flexibility index (Phi) is 3.22. The van der Waals surface area contributed by atoms with E-state index in [1.54, 1.807) is 17.9 Å². The normalized spacial score (nSPS) is 18.9. The molecule has 1 fully saturated rings. The summed E-state index contributed by atoms with van der Waals surface area (Å²) in [6, 6.07) is 5.61. The zero-order valence-corrected chi connectivity index (χ0v) is 12.0. The Morgan fingerprint density at radius 2 is 2.20 bits per heavy atom. The third-order valence-corrected chi connectivity index (χ3v) is 3.78. The van der Waals surface area contributed by atoms with Crippen molar-refractivity contribution in [3.05, 3.63) is 40.5 Å². The number of rotatable bonds is 2. The lowest BCUT2D eigenvalue weighted by atomic mass is 10.1. The van der Waals surface area contributed by atoms with Gasteiger partial charge < -0.3 is 9.42 Å². The van der Waals surface area contributed by atoms with Crippen LogP contribution in [0.5, 0.6) is 0 Å². The number of aromatic nitrogens is 2. The second-order valence-corrected chi connectivity index (χ2v) is 5.40. The molecule has 0 spiro atoms. The highest BCUT2D eigenvalue weighted by molar-refractivity contribution is 6.34. The molecule has 0 radical (unpaired) electrons. The zero-order valence-electron chi connectivity index (χ0n) is 11.3. The van der Waals surface area contributed by atoms with Crippen LogP contribution >= 0.6 is 11.6 Å². The second-order valence-electron chi connectivity index (χ2n) is 4.99. The highest BCUT2D eigenvalue weighted by atomic mass is 35.5. The molecule has 0 bridgehead atoms. The molecule has 1 aliphatic rings. The molecule has 0 N–H and O–H groups in total. The van der Waals surface area contributed by atoms with Gasteiger partial charge in [0.15, 0.2) is 5.82 Å². The third-order valence-electron chi connectivity index (χ3n) is 3.48. The van der Waals surface area contributed by atoms with Gasteiger partial charge in [0.1, 0.15) is 0 Å². The quantitative estimate of drug-likeness (QED) is 0.853. The van der Waals surface area contributed by atoms with Crippen molar-refractivity contribution in [1.82, 2.24) is 10.1 Å². The molecule has 6 heteroatoms. The van der Waals surface area contributed by atoms with E-state index >= 15 is 0 Å². The van der Waals surface area contributed by atoms with Crippen LogP contribution in [-0.2, 0) is 4.79 Å². The first-order valence-corrected chi connectivity index (χ1v) is 6.79. The van der Waals surface area contributed by atoms with E-state index in [9.17, 15) is 4.79 Å². The van der Waals surface area contributed by atoms with Crippen LogP contribution in [0.2, 0.25) is 5.02 Å². The number of carbonyl (C=O) groups excluding carboxylic acids is 1. The monoisotopic (exact) mass is 291 g/mol. The Labute approximate surface area is 121 Å². The standard InChI is InChI=1S/C14H14ClN3O2/c1-8-4-3-5-11(15)13(8)18-7-10(6-12(18)19)14-16-9(2)17-20-14/h3-5,10H,6-7H2,1-2H3. The molecular weight excluding hydrogens is 278 g/mol. The smallest absolute Gasteiger partial charge is 0.232 e. The summed E-state index contributed by atoms with van der Waals surface area (Å²) in [5, 5.41) is 4.36. The second kappa shape index (κ2) is 4.90. The van der Waals surface area contributed by atoms with E-state index in [2.05, 4.69) is 10.1 Å². The van der Waals surface area contributed by atoms with Crippen LogP contribution in [0.4, 0.5) is 5.69 Å². The summed E-state index contributed by atoms with van der Waals surface area (Å²) in [7, 11) is 0. The first-order chi connectivity index (χ1) is 9.56. The molecule has 1 amide bonds. The minimum absolute atomic E-state index is 0.0297. The molecule has 1 aromatic carbocycles. The van der Waals surface area contributed by atoms with E-state index < -0.39 is 0 Å². The molecule has 20 heavy (non-hydrogen) atoms. The maximum atomic E-state index is 12.2. The minimum atomic E-state index is -0.0700. The lowest BCUT2D eigenvalue weighted by molar-refractivity contribution is -0.117. The number of hydrogen-bond donors (Lipinski definition) is 0. The lowest BCUT2D eigenvalue weighted by Crippen LogP contribution is -2.25. The Bertz CT molecular complexity index is 648. The van der Waals surface area contributed by atoms with Gasteiger partial charge in [-0.05, 0) is 25.5 Å². The van der Waals surface area contributed by atoms with Crippen LogP contribution in [-0.4, -0.2) is 22.6 Å². The summed E-state index contributed by atoms with van der Waals surface area (Å²) in [5.41, 5.74) is 1.76. The van der Waals surface area contributed by atoms with Gasteiger partial charge in [-0.15, -0.1) is 0 Å². The van der Waals surface area contributed by atoms with E-state index in [4.69, 9.17) is 16.1 Å². The van der Waals surface area contributed by atoms with Crippen molar-refractivity contribution in [2.75, 3.05) is 11.4 Å². The molecule has 0 saturated carbocycles. The van der Waals surface area contributed by atoms with Gasteiger partial charge in [-0.3, -0.25) is 4.79 Å². The topological polar surface area (TPSA) is 59.2 Å². The molecule has 3 rings (SSSR count). The Hall–Kier alpha value is -1.88. The van der Waals surface area contributed by atoms with Gasteiger partial charge in [-0.25, -0.2) is 0 Å². The van der Waals surface area contributed by atoms with E-state index in [0.717, 1.165) is 11.3 Å². The summed E-state index contributed by atoms with van der Waals surface area (Å²) in [4.78, 5) is 18.2. The molecule has 2 aromatic rings. The number of halogens is 1. The SMILES string of the molecule is Cc1noc(C2CC(=O)N(c3c(C)cccc3Cl)C2)n1. The van der Waals surface area contributed by atoms with Crippen molar-refractivity contribution in [3.63, 3.8) is 0 Å². The van der Waals surface area contributed by atoms with Crippen LogP contribution in [0.25, 0.3) is 0 Å². The van der Waals surface area contributed by atoms with E-state index in [-0.39, 0.29) is 11.8 Å². The highest BCUT2D eigenvalue weighted by Crippen LogP contribution is 2.36. The number of aryl methyl sites for hydroxylation is 2. The van der Waals surface area contributed by atoms with Crippen LogP contribution in [0, 0.1) is 13.8 Å². The highest BCUT2D eigenvalue weighted by Gasteiger charge is 2.36. The van der Waals surface area contributed by atoms with Gasteiger partial charge >= 0.3 is 0 Å². The molecule has 1 atom stereocenters. The molecule has 5 nitrogen and oxygen atoms in total. The van der Waals surface area contributed by atoms with Gasteiger partial charge in [0.25, 0.3) is 0 Å². The largest absolute Gasteiger partial charge is 0.339 e. The van der Waals surface area contributed by atoms with Gasteiger partial charge in [0.05, 0.1) is 16.6 Å². The van der Waals surface area contributed by atoms with Crippen molar-refractivity contribution in [3.8, 4) is 0 Å². The van der Waals surface area contributed by atoms with Crippen LogP contribution in [0.15, 0.2) is 22.7 Å². The van der Waals surface area contributed by atoms with Gasteiger partial charge in [0.2, 0.25) is 11.8 Å². The first-order valence-electron chi connectivity index (χ1n) is 6.42. The van der Waals surface area contributed by atoms with Crippen molar-refractivity contribution < 1.29 is 9.32 Å². The predicted octanol–water partition coefficient (Wildman–Crippen LogP) is 2.86. The molecule has 1 aliphatic heterocycles. The number of nitrogens with zero attached hydrogens (tertiary/aromatic N) is 3. The molecular formula is C14H14ClN3O2. The van der Waals surface area contributed by atoms with Crippen molar-refractivity contribution in [2.45, 2.75) is 26.2 Å². The minimum Gasteiger partial charge on any atom is -0.339 e. The fourth-order valence-corrected chi connectivity index (χ4v) is 2.86. The first kappa shape index (κ1) is 13.1. The van der Waals surface area contributed by atoms with Gasteiger partial charge in [0, 0.05) is 13.0 Å². The number of hydrogen-bond acceptors (Lipinski definition) is 4. The maximum absolute atomic E-state index is 12.2. The average molecular weight is 292 g/mol. The summed E-state index contributed by atoms with van der Waals surface area (Å²) in [6.07, 6.45) is 0.367. The fraction of sp³-hybridized carbons (Fsp3) is 0.357. The summed E-state index contributed by atoms with van der Waals surface area (Å²) >= 11 is 6.23. The number of anilines is 1. The Balaban J connectivity index is 1.91.